The maximum Gasteiger partial charge on any atom is 0.349 e. The molecule has 2 aromatic heterocycles. The van der Waals surface area contributed by atoms with Gasteiger partial charge in [0.1, 0.15) is 23.1 Å². The van der Waals surface area contributed by atoms with Crippen LogP contribution in [0.5, 0.6) is 23.5 Å². The summed E-state index contributed by atoms with van der Waals surface area (Å²) in [6.45, 7) is 6.60. The van der Waals surface area contributed by atoms with E-state index < -0.39 is 11.6 Å². The predicted molar refractivity (Wildman–Crippen MR) is 238 cm³/mol. The van der Waals surface area contributed by atoms with Crippen molar-refractivity contribution < 1.29 is 28.8 Å². The second-order valence-electron chi connectivity index (χ2n) is 13.5. The lowest BCUT2D eigenvalue weighted by atomic mass is 10.1. The van der Waals surface area contributed by atoms with Crippen LogP contribution < -0.4 is 24.8 Å². The van der Waals surface area contributed by atoms with E-state index in [9.17, 15) is 9.90 Å². The lowest BCUT2D eigenvalue weighted by Crippen LogP contribution is -2.39. The monoisotopic (exact) mass is 892 g/mol. The third-order valence-corrected chi connectivity index (χ3v) is 9.79. The minimum atomic E-state index is -1.13. The van der Waals surface area contributed by atoms with Crippen LogP contribution >= 0.6 is 46.4 Å². The maximum absolute atomic E-state index is 12.2. The van der Waals surface area contributed by atoms with Crippen LogP contribution in [-0.2, 0) is 22.4 Å². The zero-order valence-electron chi connectivity index (χ0n) is 33.6. The third kappa shape index (κ3) is 13.2. The third-order valence-electron chi connectivity index (χ3n) is 8.62. The topological polar surface area (TPSA) is 150 Å². The van der Waals surface area contributed by atoms with Crippen molar-refractivity contribution in [3.05, 3.63) is 128 Å². The molecule has 4 aromatic carbocycles. The first kappa shape index (κ1) is 45.6. The second kappa shape index (κ2) is 21.6. The van der Waals surface area contributed by atoms with Gasteiger partial charge in [0.15, 0.2) is 5.60 Å². The molecule has 60 heavy (non-hydrogen) atoms. The minimum Gasteiger partial charge on any atom is -0.508 e. The van der Waals surface area contributed by atoms with Gasteiger partial charge in [0.05, 0.1) is 32.2 Å². The number of phenols is 1. The van der Waals surface area contributed by atoms with Crippen LogP contribution in [0.15, 0.2) is 97.1 Å². The van der Waals surface area contributed by atoms with Crippen molar-refractivity contribution in [1.29, 1.82) is 0 Å². The number of rotatable bonds is 16. The van der Waals surface area contributed by atoms with E-state index in [2.05, 4.69) is 30.6 Å². The number of halogens is 4. The number of ether oxygens (including phenoxy) is 4. The van der Waals surface area contributed by atoms with E-state index in [4.69, 9.17) is 65.4 Å². The first-order valence-electron chi connectivity index (χ1n) is 18.7. The molecule has 6 rings (SSSR count). The van der Waals surface area contributed by atoms with Gasteiger partial charge in [0, 0.05) is 56.4 Å². The van der Waals surface area contributed by atoms with Gasteiger partial charge >= 0.3 is 18.0 Å². The van der Waals surface area contributed by atoms with E-state index in [1.54, 1.807) is 69.3 Å². The van der Waals surface area contributed by atoms with Gasteiger partial charge in [-0.05, 0) is 93.3 Å². The van der Waals surface area contributed by atoms with Crippen LogP contribution in [0, 0.1) is 0 Å². The van der Waals surface area contributed by atoms with Crippen molar-refractivity contribution in [3.63, 3.8) is 0 Å². The average Bonchev–Trinajstić information content (AvgIpc) is 3.22. The summed E-state index contributed by atoms with van der Waals surface area (Å²) in [5.74, 6) is 1.48. The normalized spacial score (nSPS) is 10.9. The molecule has 2 heterocycles. The Balaban J connectivity index is 0.000000236. The Bertz CT molecular complexity index is 2400. The molecule has 12 nitrogen and oxygen atoms in total. The van der Waals surface area contributed by atoms with E-state index >= 15 is 0 Å². The highest BCUT2D eigenvalue weighted by Crippen LogP contribution is 2.29. The summed E-state index contributed by atoms with van der Waals surface area (Å²) in [7, 11) is 3.02. The van der Waals surface area contributed by atoms with Gasteiger partial charge in [-0.2, -0.15) is 19.9 Å². The van der Waals surface area contributed by atoms with Gasteiger partial charge in [-0.1, -0.05) is 82.8 Å². The highest BCUT2D eigenvalue weighted by atomic mass is 35.5. The zero-order chi connectivity index (χ0) is 43.2. The summed E-state index contributed by atoms with van der Waals surface area (Å²) in [6.07, 6.45) is 1.40. The number of esters is 1. The maximum atomic E-state index is 12.2. The molecule has 0 aliphatic rings. The van der Waals surface area contributed by atoms with E-state index in [0.29, 0.717) is 74.8 Å². The molecule has 0 radical (unpaired) electrons. The van der Waals surface area contributed by atoms with E-state index in [1.165, 1.54) is 14.2 Å². The van der Waals surface area contributed by atoms with Crippen LogP contribution in [0.25, 0.3) is 22.5 Å². The van der Waals surface area contributed by atoms with Crippen molar-refractivity contribution >= 4 is 64.0 Å². The quantitative estimate of drug-likeness (QED) is 0.0794. The number of hydrogen-bond acceptors (Lipinski definition) is 12. The number of carbonyl (C=O) groups excluding carboxylic acids is 1. The van der Waals surface area contributed by atoms with Crippen LogP contribution in [0.1, 0.15) is 31.9 Å². The molecule has 6 aromatic rings. The lowest BCUT2D eigenvalue weighted by Gasteiger charge is -2.24. The average molecular weight is 895 g/mol. The second-order valence-corrected chi connectivity index (χ2v) is 15.2. The van der Waals surface area contributed by atoms with Gasteiger partial charge in [0.25, 0.3) is 0 Å². The van der Waals surface area contributed by atoms with Crippen molar-refractivity contribution in [3.8, 4) is 46.0 Å². The van der Waals surface area contributed by atoms with Crippen LogP contribution in [0.4, 0.5) is 11.6 Å². The molecule has 0 atom stereocenters. The van der Waals surface area contributed by atoms with Crippen LogP contribution in [0.2, 0.25) is 20.1 Å². The van der Waals surface area contributed by atoms with Gasteiger partial charge < -0.3 is 34.7 Å². The first-order valence-corrected chi connectivity index (χ1v) is 20.3. The Morgan fingerprint density at radius 3 is 1.63 bits per heavy atom. The summed E-state index contributed by atoms with van der Waals surface area (Å²) < 4.78 is 21.5. The highest BCUT2D eigenvalue weighted by Gasteiger charge is 2.31. The van der Waals surface area contributed by atoms with Gasteiger partial charge in [-0.3, -0.25) is 0 Å². The van der Waals surface area contributed by atoms with Gasteiger partial charge in [-0.25, -0.2) is 4.79 Å². The van der Waals surface area contributed by atoms with E-state index in [-0.39, 0.29) is 24.4 Å². The lowest BCUT2D eigenvalue weighted by molar-refractivity contribution is -0.158. The zero-order valence-corrected chi connectivity index (χ0v) is 36.6. The number of benzene rings is 4. The fraction of sp³-hybridized carbons (Fsp3) is 0.250. The summed E-state index contributed by atoms with van der Waals surface area (Å²) in [4.78, 5) is 29.7. The Morgan fingerprint density at radius 1 is 0.667 bits per heavy atom. The standard InChI is InChI=1S/C25H27Cl2N3O4.C19H17Cl2N3O2/c1-5-33-23(31)25(2,3)34-19-8-6-7-17(13-19)21-15-22(30-24(29-21)32-4)28-12-11-16-9-10-18(26)14-20(16)27;1-26-19-23-17(13-3-2-4-15(25)9-13)11-18(24-19)22-8-7-12-5-6-14(20)10-16(12)21/h6-10,13-15H,5,11-12H2,1-4H3,(H,28,29,30);2-6,9-11,25H,7-8H2,1H3,(H,22,23,24). The van der Waals surface area contributed by atoms with Crippen molar-refractivity contribution in [2.24, 2.45) is 0 Å². The molecule has 0 saturated heterocycles. The van der Waals surface area contributed by atoms with Crippen molar-refractivity contribution in [2.75, 3.05) is 44.5 Å². The fourth-order valence-electron chi connectivity index (χ4n) is 5.63. The number of aromatic hydroxyl groups is 1. The molecular formula is C44H44Cl4N6O6. The van der Waals surface area contributed by atoms with Gasteiger partial charge in [-0.15, -0.1) is 0 Å². The van der Waals surface area contributed by atoms with Gasteiger partial charge in [0.2, 0.25) is 0 Å². The molecule has 0 unspecified atom stereocenters. The molecule has 0 aliphatic heterocycles. The Hall–Kier alpha value is -5.53. The number of anilines is 2. The number of hydrogen-bond donors (Lipinski definition) is 3. The SMILES string of the molecule is CCOC(=O)C(C)(C)Oc1cccc(-c2cc(NCCc3ccc(Cl)cc3Cl)nc(OC)n2)c1.COc1nc(NCCc2ccc(Cl)cc2Cl)cc(-c2cccc(O)c2)n1. The molecule has 0 bridgehead atoms. The van der Waals surface area contributed by atoms with E-state index in [0.717, 1.165) is 22.3 Å². The Morgan fingerprint density at radius 2 is 1.17 bits per heavy atom. The van der Waals surface area contributed by atoms with Crippen molar-refractivity contribution in [2.45, 2.75) is 39.2 Å². The number of methoxy groups -OCH3 is 2. The smallest absolute Gasteiger partial charge is 0.349 e. The molecule has 314 valence electrons. The predicted octanol–water partition coefficient (Wildman–Crippen LogP) is 10.7. The van der Waals surface area contributed by atoms with Crippen molar-refractivity contribution in [1.82, 2.24) is 19.9 Å². The Kier molecular flexibility index (Phi) is 16.4. The summed E-state index contributed by atoms with van der Waals surface area (Å²) >= 11 is 24.3. The molecule has 0 amide bonds. The largest absolute Gasteiger partial charge is 0.508 e. The molecule has 0 fully saturated rings. The van der Waals surface area contributed by atoms with Crippen LogP contribution in [0.3, 0.4) is 0 Å². The number of phenolic OH excluding ortho intramolecular Hbond substituents is 1. The summed E-state index contributed by atoms with van der Waals surface area (Å²) in [6, 6.07) is 29.2. The number of carbonyl (C=O) groups is 1. The van der Waals surface area contributed by atoms with Crippen LogP contribution in [-0.4, -0.2) is 70.5 Å². The number of aromatic nitrogens is 4. The summed E-state index contributed by atoms with van der Waals surface area (Å²) in [5, 5.41) is 18.7. The fourth-order valence-corrected chi connectivity index (χ4v) is 6.64. The molecule has 0 saturated carbocycles. The molecule has 0 spiro atoms. The molecular weight excluding hydrogens is 850 g/mol. The highest BCUT2D eigenvalue weighted by molar-refractivity contribution is 6.35. The minimum absolute atomic E-state index is 0.173. The molecule has 3 N–H and O–H groups in total. The summed E-state index contributed by atoms with van der Waals surface area (Å²) in [5.41, 5.74) is 3.69. The Labute approximate surface area is 369 Å². The first-order chi connectivity index (χ1) is 28.8. The molecule has 16 heteroatoms. The molecule has 0 aliphatic carbocycles. The van der Waals surface area contributed by atoms with E-state index in [1.807, 2.05) is 48.5 Å². The number of nitrogens with zero attached hydrogens (tertiary/aromatic N) is 4. The number of nitrogens with one attached hydrogen (secondary N) is 2.